The van der Waals surface area contributed by atoms with E-state index >= 15 is 0 Å². The maximum Gasteiger partial charge on any atom is 0.337 e. The number of imidazole rings is 1. The lowest BCUT2D eigenvalue weighted by molar-refractivity contribution is 0.0700. The highest BCUT2D eigenvalue weighted by Crippen LogP contribution is 2.35. The van der Waals surface area contributed by atoms with Crippen LogP contribution in [0.15, 0.2) is 85.2 Å². The Labute approximate surface area is 207 Å². The van der Waals surface area contributed by atoms with Crippen LogP contribution in [0.5, 0.6) is 0 Å². The molecule has 0 radical (unpaired) electrons. The summed E-state index contributed by atoms with van der Waals surface area (Å²) in [4.78, 5) is 17.5. The van der Waals surface area contributed by atoms with Crippen molar-refractivity contribution in [1.29, 1.82) is 0 Å². The fraction of sp³-hybridized carbons (Fsp3) is 0.133. The summed E-state index contributed by atoms with van der Waals surface area (Å²) in [5.74, 6) is -0.972. The molecule has 0 fully saturated rings. The number of carboxylic acid groups (broad SMARTS) is 1. The van der Waals surface area contributed by atoms with Crippen LogP contribution in [0.3, 0.4) is 0 Å². The van der Waals surface area contributed by atoms with E-state index in [0.29, 0.717) is 29.6 Å². The van der Waals surface area contributed by atoms with Crippen molar-refractivity contribution in [3.8, 4) is 11.3 Å². The Bertz CT molecular complexity index is 1780. The zero-order valence-electron chi connectivity index (χ0n) is 19.8. The highest BCUT2D eigenvalue weighted by molar-refractivity contribution is 6.09. The van der Waals surface area contributed by atoms with E-state index in [0.717, 1.165) is 38.8 Å². The van der Waals surface area contributed by atoms with E-state index in [2.05, 4.69) is 29.8 Å². The molecular formula is C30H25N3O3. The summed E-state index contributed by atoms with van der Waals surface area (Å²) in [5, 5.41) is 22.6. The summed E-state index contributed by atoms with van der Waals surface area (Å²) >= 11 is 0. The summed E-state index contributed by atoms with van der Waals surface area (Å²) in [6.07, 6.45) is 4.63. The molecule has 0 amide bonds. The molecule has 0 aliphatic carbocycles. The molecule has 6 aromatic rings. The third-order valence-corrected chi connectivity index (χ3v) is 6.92. The van der Waals surface area contributed by atoms with Crippen molar-refractivity contribution in [2.45, 2.75) is 19.9 Å². The van der Waals surface area contributed by atoms with Gasteiger partial charge in [-0.05, 0) is 47.0 Å². The monoisotopic (exact) mass is 475 g/mol. The van der Waals surface area contributed by atoms with Crippen molar-refractivity contribution < 1.29 is 15.0 Å². The molecule has 0 spiro atoms. The molecule has 3 heterocycles. The molecule has 0 saturated carbocycles. The first-order valence-corrected chi connectivity index (χ1v) is 12.0. The average molecular weight is 476 g/mol. The summed E-state index contributed by atoms with van der Waals surface area (Å²) in [6.45, 7) is 2.65. The molecule has 0 aliphatic heterocycles. The highest BCUT2D eigenvalue weighted by atomic mass is 16.4. The summed E-state index contributed by atoms with van der Waals surface area (Å²) in [7, 11) is 0. The third-order valence-electron chi connectivity index (χ3n) is 6.92. The average Bonchev–Trinajstić information content (AvgIpc) is 3.43. The quantitative estimate of drug-likeness (QED) is 0.324. The molecule has 36 heavy (non-hydrogen) atoms. The number of rotatable bonds is 6. The van der Waals surface area contributed by atoms with Gasteiger partial charge in [-0.15, -0.1) is 0 Å². The Morgan fingerprint density at radius 2 is 1.81 bits per heavy atom. The van der Waals surface area contributed by atoms with Crippen LogP contribution in [-0.2, 0) is 13.0 Å². The number of carboxylic acids is 1. The lowest BCUT2D eigenvalue weighted by Crippen LogP contribution is -2.03. The molecule has 0 aliphatic rings. The second-order valence-corrected chi connectivity index (χ2v) is 9.07. The van der Waals surface area contributed by atoms with Crippen molar-refractivity contribution >= 4 is 33.3 Å². The van der Waals surface area contributed by atoms with E-state index in [9.17, 15) is 15.0 Å². The number of pyridine rings is 1. The van der Waals surface area contributed by atoms with Crippen LogP contribution in [0, 0.1) is 6.92 Å². The number of hydrogen-bond acceptors (Lipinski definition) is 3. The number of aromatic carboxylic acids is 1. The number of nitrogens with zero attached hydrogens (tertiary/aromatic N) is 3. The second kappa shape index (κ2) is 8.66. The standard InChI is InChI=1S/C30H25N3O3/c1-19-7-6-10-24-27(19)21(18-32(24)15-16-34)17-25-29(31-26-11-4-5-14-33(25)26)23-13-12-20-8-2-3-9-22(20)28(23)30(35)36/h2-14,18,34H,15-17H2,1H3,(H,35,36). The van der Waals surface area contributed by atoms with Gasteiger partial charge in [-0.3, -0.25) is 0 Å². The predicted octanol–water partition coefficient (Wildman–Crippen LogP) is 5.70. The van der Waals surface area contributed by atoms with Crippen LogP contribution in [-0.4, -0.2) is 36.7 Å². The Morgan fingerprint density at radius 1 is 0.972 bits per heavy atom. The van der Waals surface area contributed by atoms with Gasteiger partial charge < -0.3 is 19.2 Å². The van der Waals surface area contributed by atoms with Crippen LogP contribution in [0.25, 0.3) is 38.6 Å². The van der Waals surface area contributed by atoms with Gasteiger partial charge in [-0.2, -0.15) is 0 Å². The first kappa shape index (κ1) is 22.1. The lowest BCUT2D eigenvalue weighted by atomic mass is 9.94. The first-order valence-electron chi connectivity index (χ1n) is 12.0. The number of aliphatic hydroxyl groups excluding tert-OH is 1. The molecule has 178 valence electrons. The van der Waals surface area contributed by atoms with Crippen LogP contribution in [0.2, 0.25) is 0 Å². The summed E-state index contributed by atoms with van der Waals surface area (Å²) in [5.41, 5.74) is 6.57. The van der Waals surface area contributed by atoms with Gasteiger partial charge in [0, 0.05) is 41.8 Å². The van der Waals surface area contributed by atoms with Crippen molar-refractivity contribution in [2.24, 2.45) is 0 Å². The second-order valence-electron chi connectivity index (χ2n) is 9.07. The van der Waals surface area contributed by atoms with Gasteiger partial charge >= 0.3 is 5.97 Å². The molecule has 6 heteroatoms. The van der Waals surface area contributed by atoms with Gasteiger partial charge in [-0.1, -0.05) is 54.6 Å². The van der Waals surface area contributed by atoms with Gasteiger partial charge in [0.2, 0.25) is 0 Å². The minimum Gasteiger partial charge on any atom is -0.478 e. The van der Waals surface area contributed by atoms with Crippen molar-refractivity contribution in [3.05, 3.63) is 108 Å². The molecule has 6 nitrogen and oxygen atoms in total. The van der Waals surface area contributed by atoms with Gasteiger partial charge in [0.25, 0.3) is 0 Å². The Morgan fingerprint density at radius 3 is 2.64 bits per heavy atom. The lowest BCUT2D eigenvalue weighted by Gasteiger charge is -2.11. The fourth-order valence-corrected chi connectivity index (χ4v) is 5.37. The van der Waals surface area contributed by atoms with E-state index in [1.807, 2.05) is 71.3 Å². The molecule has 0 saturated heterocycles. The normalized spacial score (nSPS) is 11.6. The van der Waals surface area contributed by atoms with E-state index in [1.54, 1.807) is 0 Å². The molecule has 3 aromatic heterocycles. The van der Waals surface area contributed by atoms with E-state index in [1.165, 1.54) is 0 Å². The van der Waals surface area contributed by atoms with E-state index in [-0.39, 0.29) is 12.2 Å². The topological polar surface area (TPSA) is 79.8 Å². The molecule has 0 bridgehead atoms. The number of fused-ring (bicyclic) bond motifs is 3. The zero-order chi connectivity index (χ0) is 24.8. The number of aryl methyl sites for hydroxylation is 1. The van der Waals surface area contributed by atoms with Crippen LogP contribution in [0.1, 0.15) is 27.2 Å². The number of carbonyl (C=O) groups is 1. The van der Waals surface area contributed by atoms with Crippen LogP contribution >= 0.6 is 0 Å². The van der Waals surface area contributed by atoms with E-state index in [4.69, 9.17) is 4.98 Å². The number of hydrogen-bond donors (Lipinski definition) is 2. The smallest absolute Gasteiger partial charge is 0.337 e. The number of benzene rings is 3. The van der Waals surface area contributed by atoms with Crippen LogP contribution < -0.4 is 0 Å². The van der Waals surface area contributed by atoms with Crippen LogP contribution in [0.4, 0.5) is 0 Å². The summed E-state index contributed by atoms with van der Waals surface area (Å²) < 4.78 is 4.13. The van der Waals surface area contributed by atoms with Gasteiger partial charge in [0.1, 0.15) is 5.65 Å². The molecule has 0 atom stereocenters. The van der Waals surface area contributed by atoms with Crippen molar-refractivity contribution in [2.75, 3.05) is 6.61 Å². The Kier molecular flexibility index (Phi) is 5.31. The Hall–Kier alpha value is -4.42. The minimum absolute atomic E-state index is 0.0527. The van der Waals surface area contributed by atoms with Crippen molar-refractivity contribution in [1.82, 2.24) is 14.0 Å². The Balaban J connectivity index is 1.62. The molecule has 0 unspecified atom stereocenters. The van der Waals surface area contributed by atoms with Crippen molar-refractivity contribution in [3.63, 3.8) is 0 Å². The SMILES string of the molecule is Cc1cccc2c1c(Cc1c(-c3ccc4ccccc4c3C(=O)O)nc3ccccn13)cn2CCO. The van der Waals surface area contributed by atoms with Gasteiger partial charge in [0.05, 0.1) is 23.6 Å². The molecular weight excluding hydrogens is 450 g/mol. The molecule has 6 rings (SSSR count). The largest absolute Gasteiger partial charge is 0.478 e. The molecule has 3 aromatic carbocycles. The first-order chi connectivity index (χ1) is 17.6. The van der Waals surface area contributed by atoms with Gasteiger partial charge in [-0.25, -0.2) is 9.78 Å². The highest BCUT2D eigenvalue weighted by Gasteiger charge is 2.23. The summed E-state index contributed by atoms with van der Waals surface area (Å²) in [6, 6.07) is 23.4. The number of aromatic nitrogens is 3. The minimum atomic E-state index is -0.972. The maximum absolute atomic E-state index is 12.5. The van der Waals surface area contributed by atoms with E-state index < -0.39 is 5.97 Å². The van der Waals surface area contributed by atoms with Gasteiger partial charge in [0.15, 0.2) is 0 Å². The predicted molar refractivity (Wildman–Crippen MR) is 142 cm³/mol. The fourth-order valence-electron chi connectivity index (χ4n) is 5.37. The number of aliphatic hydroxyl groups is 1. The third kappa shape index (κ3) is 3.46. The molecule has 2 N–H and O–H groups in total. The maximum atomic E-state index is 12.5. The zero-order valence-corrected chi connectivity index (χ0v) is 19.8.